The Bertz CT molecular complexity index is 829. The summed E-state index contributed by atoms with van der Waals surface area (Å²) in [5.41, 5.74) is 3.24. The fourth-order valence-corrected chi connectivity index (χ4v) is 2.51. The third-order valence-electron chi connectivity index (χ3n) is 3.72. The van der Waals surface area contributed by atoms with Crippen molar-refractivity contribution in [3.8, 4) is 0 Å². The van der Waals surface area contributed by atoms with Gasteiger partial charge in [0, 0.05) is 27.2 Å². The van der Waals surface area contributed by atoms with E-state index in [-0.39, 0.29) is 0 Å². The molecule has 0 fully saturated rings. The number of hydrogen-bond acceptors (Lipinski definition) is 6. The van der Waals surface area contributed by atoms with Crippen LogP contribution in [0.25, 0.3) is 11.0 Å². The molecule has 126 valence electrons. The number of aromatic nitrogens is 4. The van der Waals surface area contributed by atoms with Crippen LogP contribution in [0.5, 0.6) is 0 Å². The minimum atomic E-state index is 0.565. The van der Waals surface area contributed by atoms with Gasteiger partial charge in [0.25, 0.3) is 0 Å². The standard InChI is InChI=1S/C17H22N6O/c1-12-5-4-6-13(9-12)10-19-15-14-11-20-23(2)16(14)22-17(21-15)18-7-8-24-3/h4-6,9,11H,7-8,10H2,1-3H3,(H2,18,19,21,22). The zero-order valence-corrected chi connectivity index (χ0v) is 14.2. The Morgan fingerprint density at radius 1 is 1.21 bits per heavy atom. The van der Waals surface area contributed by atoms with Crippen LogP contribution < -0.4 is 10.6 Å². The molecule has 0 saturated heterocycles. The van der Waals surface area contributed by atoms with Gasteiger partial charge in [-0.2, -0.15) is 15.1 Å². The highest BCUT2D eigenvalue weighted by Crippen LogP contribution is 2.22. The quantitative estimate of drug-likeness (QED) is 0.649. The Labute approximate surface area is 141 Å². The first-order valence-electron chi connectivity index (χ1n) is 7.89. The lowest BCUT2D eigenvalue weighted by Gasteiger charge is -2.10. The molecule has 2 heterocycles. The molecule has 0 spiro atoms. The fraction of sp³-hybridized carbons (Fsp3) is 0.353. The molecule has 3 aromatic rings. The minimum absolute atomic E-state index is 0.565. The largest absolute Gasteiger partial charge is 0.383 e. The predicted octanol–water partition coefficient (Wildman–Crippen LogP) is 2.34. The van der Waals surface area contributed by atoms with E-state index >= 15 is 0 Å². The summed E-state index contributed by atoms with van der Waals surface area (Å²) in [7, 11) is 3.54. The first-order valence-corrected chi connectivity index (χ1v) is 7.89. The maximum absolute atomic E-state index is 5.06. The summed E-state index contributed by atoms with van der Waals surface area (Å²) < 4.78 is 6.80. The van der Waals surface area contributed by atoms with E-state index in [2.05, 4.69) is 56.9 Å². The zero-order valence-electron chi connectivity index (χ0n) is 14.2. The molecule has 0 saturated carbocycles. The molecule has 1 aromatic carbocycles. The highest BCUT2D eigenvalue weighted by molar-refractivity contribution is 5.87. The van der Waals surface area contributed by atoms with E-state index in [4.69, 9.17) is 4.74 Å². The van der Waals surface area contributed by atoms with Gasteiger partial charge >= 0.3 is 0 Å². The Kier molecular flexibility index (Phi) is 4.90. The number of nitrogens with one attached hydrogen (secondary N) is 2. The van der Waals surface area contributed by atoms with Crippen LogP contribution in [-0.2, 0) is 18.3 Å². The van der Waals surface area contributed by atoms with Gasteiger partial charge in [0.15, 0.2) is 5.65 Å². The summed E-state index contributed by atoms with van der Waals surface area (Å²) in [4.78, 5) is 9.10. The van der Waals surface area contributed by atoms with Crippen molar-refractivity contribution in [2.24, 2.45) is 7.05 Å². The number of hydrogen-bond donors (Lipinski definition) is 2. The molecule has 7 heteroatoms. The van der Waals surface area contributed by atoms with Crippen molar-refractivity contribution in [3.05, 3.63) is 41.6 Å². The molecule has 0 unspecified atom stereocenters. The molecular formula is C17H22N6O. The number of benzene rings is 1. The van der Waals surface area contributed by atoms with Gasteiger partial charge in [-0.05, 0) is 12.5 Å². The molecule has 3 rings (SSSR count). The fourth-order valence-electron chi connectivity index (χ4n) is 2.51. The van der Waals surface area contributed by atoms with Gasteiger partial charge < -0.3 is 15.4 Å². The Morgan fingerprint density at radius 2 is 2.08 bits per heavy atom. The summed E-state index contributed by atoms with van der Waals surface area (Å²) >= 11 is 0. The molecule has 0 bridgehead atoms. The maximum Gasteiger partial charge on any atom is 0.226 e. The molecule has 2 N–H and O–H groups in total. The van der Waals surface area contributed by atoms with E-state index in [1.807, 2.05) is 7.05 Å². The maximum atomic E-state index is 5.06. The van der Waals surface area contributed by atoms with Crippen molar-refractivity contribution in [2.45, 2.75) is 13.5 Å². The van der Waals surface area contributed by atoms with Gasteiger partial charge in [-0.1, -0.05) is 29.8 Å². The first-order chi connectivity index (χ1) is 11.7. The van der Waals surface area contributed by atoms with Crippen LogP contribution in [0, 0.1) is 6.92 Å². The monoisotopic (exact) mass is 326 g/mol. The van der Waals surface area contributed by atoms with Gasteiger partial charge in [-0.15, -0.1) is 0 Å². The van der Waals surface area contributed by atoms with Crippen molar-refractivity contribution >= 4 is 22.8 Å². The number of anilines is 2. The molecule has 0 aliphatic rings. The average Bonchev–Trinajstić information content (AvgIpc) is 2.95. The second-order valence-electron chi connectivity index (χ2n) is 5.66. The second kappa shape index (κ2) is 7.27. The van der Waals surface area contributed by atoms with Crippen LogP contribution in [0.4, 0.5) is 11.8 Å². The minimum Gasteiger partial charge on any atom is -0.383 e. The summed E-state index contributed by atoms with van der Waals surface area (Å²) in [5.74, 6) is 1.34. The van der Waals surface area contributed by atoms with E-state index < -0.39 is 0 Å². The molecule has 0 radical (unpaired) electrons. The van der Waals surface area contributed by atoms with Gasteiger partial charge in [0.1, 0.15) is 5.82 Å². The Balaban J connectivity index is 1.84. The number of ether oxygens (including phenoxy) is 1. The van der Waals surface area contributed by atoms with Crippen molar-refractivity contribution < 1.29 is 4.74 Å². The van der Waals surface area contributed by atoms with Crippen LogP contribution in [-0.4, -0.2) is 40.0 Å². The normalized spacial score (nSPS) is 11.0. The third-order valence-corrected chi connectivity index (χ3v) is 3.72. The highest BCUT2D eigenvalue weighted by atomic mass is 16.5. The molecule has 24 heavy (non-hydrogen) atoms. The molecule has 7 nitrogen and oxygen atoms in total. The lowest BCUT2D eigenvalue weighted by molar-refractivity contribution is 0.210. The van der Waals surface area contributed by atoms with Crippen LogP contribution >= 0.6 is 0 Å². The number of methoxy groups -OCH3 is 1. The van der Waals surface area contributed by atoms with Crippen molar-refractivity contribution in [2.75, 3.05) is 30.9 Å². The summed E-state index contributed by atoms with van der Waals surface area (Å²) in [6, 6.07) is 8.40. The highest BCUT2D eigenvalue weighted by Gasteiger charge is 2.11. The second-order valence-corrected chi connectivity index (χ2v) is 5.66. The molecule has 0 aliphatic heterocycles. The van der Waals surface area contributed by atoms with Gasteiger partial charge in [0.2, 0.25) is 5.95 Å². The SMILES string of the molecule is COCCNc1nc(NCc2cccc(C)c2)c2cnn(C)c2n1. The van der Waals surface area contributed by atoms with E-state index in [0.29, 0.717) is 25.6 Å². The van der Waals surface area contributed by atoms with Gasteiger partial charge in [0.05, 0.1) is 18.2 Å². The van der Waals surface area contributed by atoms with Crippen LogP contribution in [0.1, 0.15) is 11.1 Å². The lowest BCUT2D eigenvalue weighted by atomic mass is 10.1. The molecule has 0 amide bonds. The summed E-state index contributed by atoms with van der Waals surface area (Å²) in [6.07, 6.45) is 1.78. The topological polar surface area (TPSA) is 76.9 Å². The molecular weight excluding hydrogens is 304 g/mol. The predicted molar refractivity (Wildman–Crippen MR) is 95.2 cm³/mol. The number of nitrogens with zero attached hydrogens (tertiary/aromatic N) is 4. The van der Waals surface area contributed by atoms with Crippen molar-refractivity contribution in [3.63, 3.8) is 0 Å². The lowest BCUT2D eigenvalue weighted by Crippen LogP contribution is -2.12. The van der Waals surface area contributed by atoms with E-state index in [1.165, 1.54) is 11.1 Å². The Hall–Kier alpha value is -2.67. The number of fused-ring (bicyclic) bond motifs is 1. The smallest absolute Gasteiger partial charge is 0.226 e. The Morgan fingerprint density at radius 3 is 2.88 bits per heavy atom. The summed E-state index contributed by atoms with van der Waals surface area (Å²) in [6.45, 7) is 4.03. The van der Waals surface area contributed by atoms with E-state index in [1.54, 1.807) is 18.0 Å². The molecule has 0 aliphatic carbocycles. The number of rotatable bonds is 7. The van der Waals surface area contributed by atoms with Gasteiger partial charge in [-0.25, -0.2) is 0 Å². The van der Waals surface area contributed by atoms with Crippen LogP contribution in [0.3, 0.4) is 0 Å². The van der Waals surface area contributed by atoms with Crippen LogP contribution in [0.2, 0.25) is 0 Å². The van der Waals surface area contributed by atoms with E-state index in [0.717, 1.165) is 16.9 Å². The third kappa shape index (κ3) is 3.62. The van der Waals surface area contributed by atoms with E-state index in [9.17, 15) is 0 Å². The average molecular weight is 326 g/mol. The molecule has 2 aromatic heterocycles. The van der Waals surface area contributed by atoms with Crippen molar-refractivity contribution in [1.82, 2.24) is 19.7 Å². The van der Waals surface area contributed by atoms with Crippen LogP contribution in [0.15, 0.2) is 30.5 Å². The molecule has 0 atom stereocenters. The summed E-state index contributed by atoms with van der Waals surface area (Å²) in [5, 5.41) is 11.8. The van der Waals surface area contributed by atoms with Gasteiger partial charge in [-0.3, -0.25) is 4.68 Å². The number of aryl methyl sites for hydroxylation is 2. The van der Waals surface area contributed by atoms with Crippen molar-refractivity contribution in [1.29, 1.82) is 0 Å². The first kappa shape index (κ1) is 16.2. The zero-order chi connectivity index (χ0) is 16.9.